The van der Waals surface area contributed by atoms with Gasteiger partial charge >= 0.3 is 5.97 Å². The van der Waals surface area contributed by atoms with Gasteiger partial charge in [0.25, 0.3) is 0 Å². The average molecular weight is 255 g/mol. The molecule has 5 heteroatoms. The highest BCUT2D eigenvalue weighted by molar-refractivity contribution is 5.86. The molecule has 0 aromatic carbocycles. The van der Waals surface area contributed by atoms with Gasteiger partial charge in [-0.05, 0) is 18.8 Å². The molecule has 5 nitrogen and oxygen atoms in total. The lowest BCUT2D eigenvalue weighted by Crippen LogP contribution is -2.67. The van der Waals surface area contributed by atoms with Gasteiger partial charge in [-0.1, -0.05) is 20.3 Å². The molecule has 2 N–H and O–H groups in total. The zero-order chi connectivity index (χ0) is 13.5. The fourth-order valence-corrected chi connectivity index (χ4v) is 2.92. The molecule has 2 atom stereocenters. The number of carbonyl (C=O) groups is 2. The monoisotopic (exact) mass is 255 g/mol. The molecule has 1 saturated heterocycles. The minimum absolute atomic E-state index is 0.0924. The lowest BCUT2D eigenvalue weighted by Gasteiger charge is -2.50. The van der Waals surface area contributed by atoms with Crippen molar-refractivity contribution >= 4 is 11.9 Å². The summed E-state index contributed by atoms with van der Waals surface area (Å²) in [5, 5.41) is 19.2. The number of carboxylic acid groups (broad SMARTS) is 1. The van der Waals surface area contributed by atoms with Crippen molar-refractivity contribution in [3.8, 4) is 0 Å². The van der Waals surface area contributed by atoms with E-state index in [9.17, 15) is 14.7 Å². The Balaban J connectivity index is 1.96. The summed E-state index contributed by atoms with van der Waals surface area (Å²) in [6.07, 6.45) is 2.05. The third-order valence-electron chi connectivity index (χ3n) is 4.47. The topological polar surface area (TPSA) is 77.8 Å². The van der Waals surface area contributed by atoms with E-state index in [4.69, 9.17) is 5.11 Å². The molecule has 1 amide bonds. The molecule has 2 rings (SSSR count). The van der Waals surface area contributed by atoms with E-state index in [-0.39, 0.29) is 17.7 Å². The van der Waals surface area contributed by atoms with Crippen LogP contribution in [0.15, 0.2) is 0 Å². The van der Waals surface area contributed by atoms with Crippen molar-refractivity contribution in [2.24, 2.45) is 17.8 Å². The Bertz CT molecular complexity index is 360. The lowest BCUT2D eigenvalue weighted by molar-refractivity contribution is -0.170. The molecule has 0 spiro atoms. The molecule has 18 heavy (non-hydrogen) atoms. The first-order chi connectivity index (χ1) is 8.35. The van der Waals surface area contributed by atoms with E-state index in [1.807, 2.05) is 13.8 Å². The SMILES string of the molecule is CC(C)C1(O)CN(C(=O)[C@@H]2CCC[C@@H]2C(=O)O)C1. The third-order valence-corrected chi connectivity index (χ3v) is 4.47. The van der Waals surface area contributed by atoms with Crippen LogP contribution in [0.2, 0.25) is 0 Å². The summed E-state index contributed by atoms with van der Waals surface area (Å²) in [5.74, 6) is -1.78. The van der Waals surface area contributed by atoms with Crippen LogP contribution in [0.25, 0.3) is 0 Å². The van der Waals surface area contributed by atoms with Crippen LogP contribution in [-0.4, -0.2) is 45.7 Å². The van der Waals surface area contributed by atoms with Crippen LogP contribution in [0.5, 0.6) is 0 Å². The average Bonchev–Trinajstić information content (AvgIpc) is 2.72. The summed E-state index contributed by atoms with van der Waals surface area (Å²) in [4.78, 5) is 24.9. The molecule has 1 heterocycles. The largest absolute Gasteiger partial charge is 0.481 e. The predicted molar refractivity (Wildman–Crippen MR) is 64.8 cm³/mol. The number of aliphatic hydroxyl groups is 1. The second-order valence-electron chi connectivity index (χ2n) is 5.93. The van der Waals surface area contributed by atoms with Gasteiger partial charge in [0.1, 0.15) is 5.60 Å². The predicted octanol–water partition coefficient (Wildman–Crippen LogP) is 0.717. The molecule has 0 aromatic heterocycles. The molecule has 0 aromatic rings. The molecule has 1 saturated carbocycles. The molecule has 2 aliphatic rings. The van der Waals surface area contributed by atoms with Crippen LogP contribution < -0.4 is 0 Å². The number of carboxylic acids is 1. The van der Waals surface area contributed by atoms with Crippen molar-refractivity contribution in [2.45, 2.75) is 38.7 Å². The van der Waals surface area contributed by atoms with Crippen molar-refractivity contribution in [1.29, 1.82) is 0 Å². The zero-order valence-corrected chi connectivity index (χ0v) is 10.9. The second kappa shape index (κ2) is 4.53. The lowest BCUT2D eigenvalue weighted by atomic mass is 9.81. The van der Waals surface area contributed by atoms with E-state index < -0.39 is 17.5 Å². The van der Waals surface area contributed by atoms with Gasteiger partial charge < -0.3 is 15.1 Å². The van der Waals surface area contributed by atoms with Crippen molar-refractivity contribution in [3.05, 3.63) is 0 Å². The van der Waals surface area contributed by atoms with Crippen molar-refractivity contribution in [3.63, 3.8) is 0 Å². The number of hydrogen-bond acceptors (Lipinski definition) is 3. The Morgan fingerprint density at radius 3 is 2.28 bits per heavy atom. The number of β-amino-alcohol motifs (C(OH)–C–C–N with tert-alkyl or cyclic N) is 1. The van der Waals surface area contributed by atoms with Gasteiger partial charge in [-0.15, -0.1) is 0 Å². The molecule has 2 fully saturated rings. The second-order valence-corrected chi connectivity index (χ2v) is 5.93. The number of nitrogens with zero attached hydrogens (tertiary/aromatic N) is 1. The molecule has 1 aliphatic heterocycles. The van der Waals surface area contributed by atoms with Crippen molar-refractivity contribution in [2.75, 3.05) is 13.1 Å². The number of likely N-dealkylation sites (tertiary alicyclic amines) is 1. The first kappa shape index (κ1) is 13.3. The fraction of sp³-hybridized carbons (Fsp3) is 0.846. The Morgan fingerprint density at radius 2 is 1.78 bits per heavy atom. The molecule has 1 aliphatic carbocycles. The summed E-state index contributed by atoms with van der Waals surface area (Å²) >= 11 is 0. The Hall–Kier alpha value is -1.10. The summed E-state index contributed by atoms with van der Waals surface area (Å²) in [6.45, 7) is 4.54. The van der Waals surface area contributed by atoms with Gasteiger partial charge in [-0.2, -0.15) is 0 Å². The maximum Gasteiger partial charge on any atom is 0.307 e. The summed E-state index contributed by atoms with van der Waals surface area (Å²) < 4.78 is 0. The van der Waals surface area contributed by atoms with Crippen molar-refractivity contribution in [1.82, 2.24) is 4.90 Å². The Kier molecular flexibility index (Phi) is 3.36. The highest BCUT2D eigenvalue weighted by atomic mass is 16.4. The normalized spacial score (nSPS) is 30.3. The minimum atomic E-state index is -0.870. The maximum atomic E-state index is 12.2. The van der Waals surface area contributed by atoms with Gasteiger partial charge in [0, 0.05) is 0 Å². The van der Waals surface area contributed by atoms with E-state index in [1.165, 1.54) is 0 Å². The first-order valence-electron chi connectivity index (χ1n) is 6.59. The van der Waals surface area contributed by atoms with E-state index in [1.54, 1.807) is 4.90 Å². The van der Waals surface area contributed by atoms with Crippen LogP contribution in [0.4, 0.5) is 0 Å². The minimum Gasteiger partial charge on any atom is -0.481 e. The van der Waals surface area contributed by atoms with E-state index in [0.717, 1.165) is 6.42 Å². The van der Waals surface area contributed by atoms with Crippen LogP contribution in [0.3, 0.4) is 0 Å². The van der Waals surface area contributed by atoms with E-state index >= 15 is 0 Å². The highest BCUT2D eigenvalue weighted by Crippen LogP contribution is 2.37. The molecule has 102 valence electrons. The van der Waals surface area contributed by atoms with Gasteiger partial charge in [0.15, 0.2) is 0 Å². The summed E-state index contributed by atoms with van der Waals surface area (Å²) in [5.41, 5.74) is -0.785. The van der Waals surface area contributed by atoms with E-state index in [2.05, 4.69) is 0 Å². The molecule has 0 bridgehead atoms. The summed E-state index contributed by atoms with van der Waals surface area (Å²) in [7, 11) is 0. The number of amides is 1. The number of rotatable bonds is 3. The molecular weight excluding hydrogens is 234 g/mol. The Morgan fingerprint density at radius 1 is 1.22 bits per heavy atom. The maximum absolute atomic E-state index is 12.2. The smallest absolute Gasteiger partial charge is 0.307 e. The molecular formula is C13H21NO4. The van der Waals surface area contributed by atoms with Gasteiger partial charge in [-0.25, -0.2) is 0 Å². The van der Waals surface area contributed by atoms with Crippen LogP contribution in [-0.2, 0) is 9.59 Å². The van der Waals surface area contributed by atoms with Gasteiger partial charge in [-0.3, -0.25) is 9.59 Å². The molecule has 0 unspecified atom stereocenters. The fourth-order valence-electron chi connectivity index (χ4n) is 2.92. The number of aliphatic carboxylic acids is 1. The van der Waals surface area contributed by atoms with Gasteiger partial charge in [0.2, 0.25) is 5.91 Å². The quantitative estimate of drug-likeness (QED) is 0.779. The molecule has 0 radical (unpaired) electrons. The standard InChI is InChI=1S/C13H21NO4/c1-8(2)13(18)6-14(7-13)11(15)9-4-3-5-10(9)12(16)17/h8-10,18H,3-7H2,1-2H3,(H,16,17)/t9-,10+/m1/s1. The van der Waals surface area contributed by atoms with Gasteiger partial charge in [0.05, 0.1) is 24.9 Å². The Labute approximate surface area is 107 Å². The number of carbonyl (C=O) groups excluding carboxylic acids is 1. The number of hydrogen-bond donors (Lipinski definition) is 2. The van der Waals surface area contributed by atoms with Crippen LogP contribution >= 0.6 is 0 Å². The van der Waals surface area contributed by atoms with Crippen molar-refractivity contribution < 1.29 is 19.8 Å². The van der Waals surface area contributed by atoms with Crippen LogP contribution in [0.1, 0.15) is 33.1 Å². The van der Waals surface area contributed by atoms with Crippen LogP contribution in [0, 0.1) is 17.8 Å². The highest BCUT2D eigenvalue weighted by Gasteiger charge is 2.49. The van der Waals surface area contributed by atoms with E-state index in [0.29, 0.717) is 25.9 Å². The first-order valence-corrected chi connectivity index (χ1v) is 6.59. The third kappa shape index (κ3) is 2.11. The summed E-state index contributed by atoms with van der Waals surface area (Å²) in [6, 6.07) is 0. The zero-order valence-electron chi connectivity index (χ0n) is 10.9.